The van der Waals surface area contributed by atoms with Crippen LogP contribution in [0.1, 0.15) is 104 Å². The SMILES string of the molecule is CCCCCCCCC(O)COc1ccc(S(=O)(=O)c2ccc(OCC(O)CCCCCCCC)cc2)cc1. The monoisotopic (exact) mass is 562 g/mol. The van der Waals surface area contributed by atoms with Crippen LogP contribution in [0.25, 0.3) is 0 Å². The molecular weight excluding hydrogens is 512 g/mol. The van der Waals surface area contributed by atoms with E-state index in [9.17, 15) is 18.6 Å². The Bertz CT molecular complexity index is 913. The largest absolute Gasteiger partial charge is 0.491 e. The zero-order chi connectivity index (χ0) is 28.3. The molecule has 0 aromatic heterocycles. The van der Waals surface area contributed by atoms with Gasteiger partial charge < -0.3 is 19.7 Å². The Hall–Kier alpha value is -2.09. The van der Waals surface area contributed by atoms with Crippen LogP contribution in [0.2, 0.25) is 0 Å². The first kappa shape index (κ1) is 33.1. The number of aliphatic hydroxyl groups excluding tert-OH is 2. The minimum atomic E-state index is -3.69. The Morgan fingerprint density at radius 3 is 1.26 bits per heavy atom. The summed E-state index contributed by atoms with van der Waals surface area (Å²) >= 11 is 0. The van der Waals surface area contributed by atoms with Crippen molar-refractivity contribution in [3.8, 4) is 11.5 Å². The second-order valence-corrected chi connectivity index (χ2v) is 12.4. The van der Waals surface area contributed by atoms with Gasteiger partial charge in [0.25, 0.3) is 0 Å². The van der Waals surface area contributed by atoms with Crippen LogP contribution < -0.4 is 9.47 Å². The highest BCUT2D eigenvalue weighted by Gasteiger charge is 2.18. The van der Waals surface area contributed by atoms with Crippen molar-refractivity contribution in [3.05, 3.63) is 48.5 Å². The molecule has 2 unspecified atom stereocenters. The van der Waals surface area contributed by atoms with Gasteiger partial charge in [-0.2, -0.15) is 0 Å². The molecule has 0 saturated carbocycles. The molecule has 0 spiro atoms. The molecule has 0 bridgehead atoms. The summed E-state index contributed by atoms with van der Waals surface area (Å²) in [6.45, 7) is 4.77. The van der Waals surface area contributed by atoms with Gasteiger partial charge >= 0.3 is 0 Å². The van der Waals surface area contributed by atoms with Crippen LogP contribution in [0.5, 0.6) is 11.5 Å². The zero-order valence-corrected chi connectivity index (χ0v) is 24.8. The second-order valence-electron chi connectivity index (χ2n) is 10.5. The minimum Gasteiger partial charge on any atom is -0.491 e. The van der Waals surface area contributed by atoms with Gasteiger partial charge in [0.15, 0.2) is 0 Å². The lowest BCUT2D eigenvalue weighted by atomic mass is 10.1. The summed E-state index contributed by atoms with van der Waals surface area (Å²) in [7, 11) is -3.69. The third kappa shape index (κ3) is 13.2. The van der Waals surface area contributed by atoms with E-state index in [2.05, 4.69) is 13.8 Å². The number of sulfone groups is 1. The molecule has 220 valence electrons. The van der Waals surface area contributed by atoms with Crippen LogP contribution in [-0.2, 0) is 9.84 Å². The Morgan fingerprint density at radius 1 is 0.564 bits per heavy atom. The summed E-state index contributed by atoms with van der Waals surface area (Å²) in [5.41, 5.74) is 0. The highest BCUT2D eigenvalue weighted by atomic mass is 32.2. The molecule has 0 aliphatic rings. The average Bonchev–Trinajstić information content (AvgIpc) is 2.95. The second kappa shape index (κ2) is 19.1. The molecule has 0 fully saturated rings. The zero-order valence-electron chi connectivity index (χ0n) is 24.0. The van der Waals surface area contributed by atoms with E-state index in [1.807, 2.05) is 0 Å². The van der Waals surface area contributed by atoms with Crippen molar-refractivity contribution in [1.82, 2.24) is 0 Å². The predicted molar refractivity (Wildman–Crippen MR) is 157 cm³/mol. The lowest BCUT2D eigenvalue weighted by Crippen LogP contribution is -2.17. The van der Waals surface area contributed by atoms with Crippen molar-refractivity contribution < 1.29 is 28.1 Å². The molecule has 0 aliphatic carbocycles. The number of ether oxygens (including phenoxy) is 2. The van der Waals surface area contributed by atoms with Gasteiger partial charge in [0.2, 0.25) is 9.84 Å². The van der Waals surface area contributed by atoms with Crippen molar-refractivity contribution in [3.63, 3.8) is 0 Å². The van der Waals surface area contributed by atoms with Gasteiger partial charge in [0.05, 0.1) is 22.0 Å². The summed E-state index contributed by atoms with van der Waals surface area (Å²) < 4.78 is 37.4. The number of rotatable bonds is 22. The molecule has 7 heteroatoms. The average molecular weight is 563 g/mol. The van der Waals surface area contributed by atoms with Crippen molar-refractivity contribution in [2.24, 2.45) is 0 Å². The summed E-state index contributed by atoms with van der Waals surface area (Å²) in [6.07, 6.45) is 14.4. The normalized spacial score (nSPS) is 13.2. The summed E-state index contributed by atoms with van der Waals surface area (Å²) in [4.78, 5) is 0.344. The van der Waals surface area contributed by atoms with Crippen molar-refractivity contribution >= 4 is 9.84 Å². The van der Waals surface area contributed by atoms with Gasteiger partial charge in [-0.15, -0.1) is 0 Å². The van der Waals surface area contributed by atoms with Gasteiger partial charge in [0, 0.05) is 0 Å². The number of hydrogen-bond acceptors (Lipinski definition) is 6. The fraction of sp³-hybridized carbons (Fsp3) is 0.625. The Morgan fingerprint density at radius 2 is 0.897 bits per heavy atom. The highest BCUT2D eigenvalue weighted by molar-refractivity contribution is 7.91. The Balaban J connectivity index is 1.75. The molecular formula is C32H50O6S. The van der Waals surface area contributed by atoms with Crippen LogP contribution in [0.4, 0.5) is 0 Å². The van der Waals surface area contributed by atoms with E-state index in [1.165, 1.54) is 75.6 Å². The van der Waals surface area contributed by atoms with Gasteiger partial charge in [-0.25, -0.2) is 8.42 Å². The molecule has 2 aromatic carbocycles. The van der Waals surface area contributed by atoms with E-state index in [0.29, 0.717) is 24.3 Å². The summed E-state index contributed by atoms with van der Waals surface area (Å²) in [6, 6.07) is 12.6. The first-order chi connectivity index (χ1) is 18.9. The summed E-state index contributed by atoms with van der Waals surface area (Å²) in [5, 5.41) is 20.3. The maximum Gasteiger partial charge on any atom is 0.206 e. The fourth-order valence-electron chi connectivity index (χ4n) is 4.44. The standard InChI is InChI=1S/C32H50O6S/c1-3-5-7-9-11-13-15-27(33)25-37-29-17-21-31(22-18-29)39(35,36)32-23-19-30(20-24-32)38-26-28(34)16-14-12-10-8-6-4-2/h17-24,27-28,33-34H,3-16,25-26H2,1-2H3. The van der Waals surface area contributed by atoms with E-state index in [4.69, 9.17) is 9.47 Å². The number of hydrogen-bond donors (Lipinski definition) is 2. The number of benzene rings is 2. The van der Waals surface area contributed by atoms with E-state index < -0.39 is 22.0 Å². The third-order valence-corrected chi connectivity index (χ3v) is 8.72. The van der Waals surface area contributed by atoms with Crippen molar-refractivity contribution in [2.45, 2.75) is 126 Å². The van der Waals surface area contributed by atoms with Crippen LogP contribution in [0.3, 0.4) is 0 Å². The lowest BCUT2D eigenvalue weighted by Gasteiger charge is -2.13. The highest BCUT2D eigenvalue weighted by Crippen LogP contribution is 2.25. The molecule has 0 heterocycles. The van der Waals surface area contributed by atoms with Crippen LogP contribution >= 0.6 is 0 Å². The molecule has 2 aromatic rings. The van der Waals surface area contributed by atoms with Crippen molar-refractivity contribution in [1.29, 1.82) is 0 Å². The van der Waals surface area contributed by atoms with E-state index in [-0.39, 0.29) is 23.0 Å². The van der Waals surface area contributed by atoms with Gasteiger partial charge in [0.1, 0.15) is 24.7 Å². The number of unbranched alkanes of at least 4 members (excludes halogenated alkanes) is 10. The molecule has 2 N–H and O–H groups in total. The van der Waals surface area contributed by atoms with Crippen molar-refractivity contribution in [2.75, 3.05) is 13.2 Å². The molecule has 2 atom stereocenters. The molecule has 2 rings (SSSR count). The maximum absolute atomic E-state index is 13.1. The van der Waals surface area contributed by atoms with E-state index in [1.54, 1.807) is 24.3 Å². The predicted octanol–water partition coefficient (Wildman–Crippen LogP) is 7.50. The van der Waals surface area contributed by atoms with Crippen LogP contribution in [0, 0.1) is 0 Å². The molecule has 0 saturated heterocycles. The minimum absolute atomic E-state index is 0.172. The van der Waals surface area contributed by atoms with Crippen LogP contribution in [0.15, 0.2) is 58.3 Å². The maximum atomic E-state index is 13.1. The molecule has 6 nitrogen and oxygen atoms in total. The molecule has 0 radical (unpaired) electrons. The van der Waals surface area contributed by atoms with Gasteiger partial charge in [-0.1, -0.05) is 90.9 Å². The number of aliphatic hydroxyl groups is 2. The molecule has 0 amide bonds. The Labute approximate surface area is 236 Å². The summed E-state index contributed by atoms with van der Waals surface area (Å²) in [5.74, 6) is 1.05. The topological polar surface area (TPSA) is 93.1 Å². The first-order valence-corrected chi connectivity index (χ1v) is 16.4. The lowest BCUT2D eigenvalue weighted by molar-refractivity contribution is 0.0973. The third-order valence-electron chi connectivity index (χ3n) is 6.93. The Kier molecular flexibility index (Phi) is 16.2. The smallest absolute Gasteiger partial charge is 0.206 e. The first-order valence-electron chi connectivity index (χ1n) is 14.9. The van der Waals surface area contributed by atoms with Gasteiger partial charge in [-0.3, -0.25) is 0 Å². The van der Waals surface area contributed by atoms with Gasteiger partial charge in [-0.05, 0) is 61.4 Å². The fourth-order valence-corrected chi connectivity index (χ4v) is 5.70. The molecule has 0 aliphatic heterocycles. The van der Waals surface area contributed by atoms with Crippen LogP contribution in [-0.4, -0.2) is 44.1 Å². The molecule has 39 heavy (non-hydrogen) atoms. The van der Waals surface area contributed by atoms with E-state index >= 15 is 0 Å². The quantitative estimate of drug-likeness (QED) is 0.144. The van der Waals surface area contributed by atoms with E-state index in [0.717, 1.165) is 25.7 Å².